The highest BCUT2D eigenvalue weighted by Gasteiger charge is 2.24. The summed E-state index contributed by atoms with van der Waals surface area (Å²) in [7, 11) is 0. The summed E-state index contributed by atoms with van der Waals surface area (Å²) in [4.78, 5) is 13.1. The number of rotatable bonds is 10. The first-order valence-electron chi connectivity index (χ1n) is 13.0. The quantitative estimate of drug-likeness (QED) is 0.149. The predicted octanol–water partition coefficient (Wildman–Crippen LogP) is 7.12. The molecule has 1 heterocycles. The lowest BCUT2D eigenvalue weighted by Crippen LogP contribution is -2.30. The van der Waals surface area contributed by atoms with Gasteiger partial charge in [0.25, 0.3) is 0 Å². The van der Waals surface area contributed by atoms with E-state index < -0.39 is 6.04 Å². The molecule has 4 aromatic carbocycles. The number of carbonyl (C=O) groups excluding carboxylic acids is 1. The summed E-state index contributed by atoms with van der Waals surface area (Å²) in [5.41, 5.74) is 5.03. The van der Waals surface area contributed by atoms with Crippen molar-refractivity contribution in [1.82, 2.24) is 20.1 Å². The van der Waals surface area contributed by atoms with Crippen LogP contribution in [0.3, 0.4) is 0 Å². The fraction of sp³-hybridized carbons (Fsp3) is 0.121. The van der Waals surface area contributed by atoms with Crippen LogP contribution in [0.25, 0.3) is 11.8 Å². The fourth-order valence-corrected chi connectivity index (χ4v) is 5.19. The van der Waals surface area contributed by atoms with Gasteiger partial charge in [-0.1, -0.05) is 102 Å². The lowest BCUT2D eigenvalue weighted by molar-refractivity contribution is -0.117. The molecule has 40 heavy (non-hydrogen) atoms. The second-order valence-electron chi connectivity index (χ2n) is 9.42. The first-order valence-corrected chi connectivity index (χ1v) is 14.0. The molecule has 0 saturated carbocycles. The number of amides is 1. The van der Waals surface area contributed by atoms with E-state index in [1.807, 2.05) is 96.4 Å². The van der Waals surface area contributed by atoms with Gasteiger partial charge >= 0.3 is 0 Å². The van der Waals surface area contributed by atoms with Gasteiger partial charge in [-0.25, -0.2) is 4.39 Å². The van der Waals surface area contributed by atoms with Crippen LogP contribution in [0.4, 0.5) is 4.39 Å². The molecule has 1 amide bonds. The van der Waals surface area contributed by atoms with E-state index in [0.29, 0.717) is 23.2 Å². The minimum Gasteiger partial charge on any atom is -0.342 e. The van der Waals surface area contributed by atoms with E-state index >= 15 is 0 Å². The van der Waals surface area contributed by atoms with Gasteiger partial charge in [0.2, 0.25) is 5.91 Å². The van der Waals surface area contributed by atoms with Gasteiger partial charge in [0.15, 0.2) is 11.0 Å². The molecule has 0 radical (unpaired) electrons. The Morgan fingerprint density at radius 1 is 0.875 bits per heavy atom. The predicted molar refractivity (Wildman–Crippen MR) is 159 cm³/mol. The number of thioether (sulfide) groups is 1. The van der Waals surface area contributed by atoms with Crippen LogP contribution < -0.4 is 5.32 Å². The van der Waals surface area contributed by atoms with Gasteiger partial charge in [-0.15, -0.1) is 10.2 Å². The number of nitrogens with one attached hydrogen (secondary N) is 1. The molecule has 5 nitrogen and oxygen atoms in total. The molecule has 5 rings (SSSR count). The summed E-state index contributed by atoms with van der Waals surface area (Å²) in [6.45, 7) is 2.04. The van der Waals surface area contributed by atoms with Crippen molar-refractivity contribution in [3.63, 3.8) is 0 Å². The number of benzene rings is 4. The van der Waals surface area contributed by atoms with Crippen molar-refractivity contribution in [3.05, 3.63) is 149 Å². The van der Waals surface area contributed by atoms with Gasteiger partial charge in [-0.3, -0.25) is 9.36 Å². The second-order valence-corrected chi connectivity index (χ2v) is 10.4. The second kappa shape index (κ2) is 13.0. The minimum atomic E-state index is -0.440. The summed E-state index contributed by atoms with van der Waals surface area (Å²) in [5, 5.41) is 13.0. The Labute approximate surface area is 237 Å². The van der Waals surface area contributed by atoms with Crippen molar-refractivity contribution >= 4 is 23.7 Å². The SMILES string of the molecule is Cc1ccc(-n2c(SCc3ccc(F)cc3)nnc2C(Cc2ccccc2)NC(=O)/C=C/c2ccccc2)cc1. The molecule has 0 aliphatic heterocycles. The Balaban J connectivity index is 1.49. The average Bonchev–Trinajstić information content (AvgIpc) is 3.41. The summed E-state index contributed by atoms with van der Waals surface area (Å²) in [6, 6.07) is 33.9. The van der Waals surface area contributed by atoms with Crippen molar-refractivity contribution in [2.75, 3.05) is 0 Å². The van der Waals surface area contributed by atoms with E-state index in [1.54, 1.807) is 24.3 Å². The topological polar surface area (TPSA) is 59.8 Å². The zero-order chi connectivity index (χ0) is 27.7. The number of aromatic nitrogens is 3. The van der Waals surface area contributed by atoms with Crippen molar-refractivity contribution in [3.8, 4) is 5.69 Å². The smallest absolute Gasteiger partial charge is 0.244 e. The van der Waals surface area contributed by atoms with Crippen molar-refractivity contribution < 1.29 is 9.18 Å². The summed E-state index contributed by atoms with van der Waals surface area (Å²) < 4.78 is 15.4. The van der Waals surface area contributed by atoms with Crippen LogP contribution in [0.5, 0.6) is 0 Å². The molecule has 1 N–H and O–H groups in total. The molecule has 0 aliphatic rings. The molecule has 200 valence electrons. The van der Waals surface area contributed by atoms with Gasteiger partial charge < -0.3 is 5.32 Å². The first-order chi connectivity index (χ1) is 19.5. The maximum Gasteiger partial charge on any atom is 0.244 e. The monoisotopic (exact) mass is 548 g/mol. The minimum absolute atomic E-state index is 0.219. The molecule has 1 aromatic heterocycles. The Hall–Kier alpha value is -4.49. The molecule has 5 aromatic rings. The number of aryl methyl sites for hydroxylation is 1. The van der Waals surface area contributed by atoms with Crippen LogP contribution in [0.15, 0.2) is 120 Å². The highest BCUT2D eigenvalue weighted by molar-refractivity contribution is 7.98. The Bertz CT molecular complexity index is 1570. The van der Waals surface area contributed by atoms with Crippen LogP contribution >= 0.6 is 11.8 Å². The maximum absolute atomic E-state index is 13.4. The van der Waals surface area contributed by atoms with Crippen LogP contribution in [-0.4, -0.2) is 20.7 Å². The Morgan fingerprint density at radius 2 is 1.55 bits per heavy atom. The van der Waals surface area contributed by atoms with E-state index in [0.717, 1.165) is 27.9 Å². The number of nitrogens with zero attached hydrogens (tertiary/aromatic N) is 3. The van der Waals surface area contributed by atoms with E-state index in [-0.39, 0.29) is 11.7 Å². The molecule has 0 fully saturated rings. The molecular weight excluding hydrogens is 519 g/mol. The molecule has 0 bridgehead atoms. The van der Waals surface area contributed by atoms with Gasteiger partial charge in [0.1, 0.15) is 5.82 Å². The average molecular weight is 549 g/mol. The highest BCUT2D eigenvalue weighted by atomic mass is 32.2. The number of carbonyl (C=O) groups is 1. The summed E-state index contributed by atoms with van der Waals surface area (Å²) >= 11 is 1.52. The molecule has 1 atom stereocenters. The Morgan fingerprint density at radius 3 is 2.25 bits per heavy atom. The Kier molecular flexibility index (Phi) is 8.83. The molecular formula is C33H29FN4OS. The van der Waals surface area contributed by atoms with Crippen LogP contribution in [0.2, 0.25) is 0 Å². The standard InChI is InChI=1S/C33H29FN4OS/c1-24-12-19-29(20-13-24)38-32(36-37-33(38)40-23-27-14-17-28(34)18-15-27)30(22-26-10-6-3-7-11-26)35-31(39)21-16-25-8-4-2-5-9-25/h2-21,30H,22-23H2,1H3,(H,35,39)/b21-16+. The van der Waals surface area contributed by atoms with E-state index in [4.69, 9.17) is 0 Å². The number of hydrogen-bond donors (Lipinski definition) is 1. The number of halogens is 1. The van der Waals surface area contributed by atoms with Crippen molar-refractivity contribution in [2.24, 2.45) is 0 Å². The van der Waals surface area contributed by atoms with Crippen LogP contribution in [0.1, 0.15) is 34.1 Å². The highest BCUT2D eigenvalue weighted by Crippen LogP contribution is 2.29. The van der Waals surface area contributed by atoms with E-state index in [1.165, 1.54) is 23.9 Å². The normalized spacial score (nSPS) is 11.9. The maximum atomic E-state index is 13.4. The number of hydrogen-bond acceptors (Lipinski definition) is 4. The van der Waals surface area contributed by atoms with Gasteiger partial charge in [0.05, 0.1) is 6.04 Å². The zero-order valence-corrected chi connectivity index (χ0v) is 22.9. The largest absolute Gasteiger partial charge is 0.342 e. The first kappa shape index (κ1) is 27.1. The van der Waals surface area contributed by atoms with E-state index in [9.17, 15) is 9.18 Å². The third kappa shape index (κ3) is 7.12. The third-order valence-electron chi connectivity index (χ3n) is 6.37. The molecule has 0 saturated heterocycles. The summed E-state index contributed by atoms with van der Waals surface area (Å²) in [5.74, 6) is 0.749. The molecule has 7 heteroatoms. The van der Waals surface area contributed by atoms with Crippen LogP contribution in [-0.2, 0) is 17.0 Å². The van der Waals surface area contributed by atoms with Gasteiger partial charge in [-0.05, 0) is 60.4 Å². The van der Waals surface area contributed by atoms with Crippen molar-refractivity contribution in [2.45, 2.75) is 30.3 Å². The fourth-order valence-electron chi connectivity index (χ4n) is 4.28. The van der Waals surface area contributed by atoms with E-state index in [2.05, 4.69) is 15.5 Å². The molecule has 0 spiro atoms. The third-order valence-corrected chi connectivity index (χ3v) is 7.37. The van der Waals surface area contributed by atoms with Crippen molar-refractivity contribution in [1.29, 1.82) is 0 Å². The molecule has 1 unspecified atom stereocenters. The van der Waals surface area contributed by atoms with Crippen LogP contribution in [0, 0.1) is 12.7 Å². The zero-order valence-electron chi connectivity index (χ0n) is 22.1. The summed E-state index contributed by atoms with van der Waals surface area (Å²) in [6.07, 6.45) is 3.88. The van der Waals surface area contributed by atoms with Gasteiger partial charge in [-0.2, -0.15) is 0 Å². The lowest BCUT2D eigenvalue weighted by Gasteiger charge is -2.20. The lowest BCUT2D eigenvalue weighted by atomic mass is 10.0. The molecule has 0 aliphatic carbocycles. The van der Waals surface area contributed by atoms with Gasteiger partial charge in [0, 0.05) is 17.5 Å².